The van der Waals surface area contributed by atoms with Gasteiger partial charge in [-0.2, -0.15) is 0 Å². The summed E-state index contributed by atoms with van der Waals surface area (Å²) in [6, 6.07) is 6.35. The van der Waals surface area contributed by atoms with E-state index in [1.165, 1.54) is 22.0 Å². The first-order valence-corrected chi connectivity index (χ1v) is 4.58. The maximum atomic E-state index is 5.53. The van der Waals surface area contributed by atoms with E-state index in [9.17, 15) is 0 Å². The Labute approximate surface area is 89.9 Å². The molecule has 0 saturated heterocycles. The summed E-state index contributed by atoms with van der Waals surface area (Å²) < 4.78 is 0. The Morgan fingerprint density at radius 2 is 2.14 bits per heavy atom. The number of nitrogens with two attached hydrogens (primary N) is 1. The van der Waals surface area contributed by atoms with Crippen LogP contribution in [0.1, 0.15) is 11.1 Å². The molecule has 3 heteroatoms. The van der Waals surface area contributed by atoms with Crippen molar-refractivity contribution in [2.45, 2.75) is 13.3 Å². The van der Waals surface area contributed by atoms with E-state index in [1.54, 1.807) is 0 Å². The van der Waals surface area contributed by atoms with E-state index in [0.717, 1.165) is 6.42 Å². The lowest BCUT2D eigenvalue weighted by molar-refractivity contribution is -0.00000282. The van der Waals surface area contributed by atoms with Crippen molar-refractivity contribution in [3.8, 4) is 0 Å². The van der Waals surface area contributed by atoms with Crippen LogP contribution in [0, 0.1) is 6.92 Å². The molecule has 0 radical (unpaired) electrons. The number of benzene rings is 1. The van der Waals surface area contributed by atoms with Crippen LogP contribution in [0.15, 0.2) is 24.4 Å². The lowest BCUT2D eigenvalue weighted by Gasteiger charge is -1.97. The molecule has 0 fully saturated rings. The number of halogens is 1. The zero-order chi connectivity index (χ0) is 9.26. The summed E-state index contributed by atoms with van der Waals surface area (Å²) in [6.45, 7) is 2.83. The normalized spacial score (nSPS) is 10.1. The standard InChI is InChI=1S/C11H14N2.ClH/c1-8-3-2-4-10-9(5-6-12)7-13-11(8)10;/h2-4,7,13H,5-6,12H2,1H3;1H/p-1. The quantitative estimate of drug-likeness (QED) is 0.654. The summed E-state index contributed by atoms with van der Waals surface area (Å²) in [6.07, 6.45) is 3.01. The Hall–Kier alpha value is -0.990. The van der Waals surface area contributed by atoms with E-state index in [4.69, 9.17) is 5.73 Å². The molecule has 0 amide bonds. The molecule has 0 spiro atoms. The van der Waals surface area contributed by atoms with Crippen molar-refractivity contribution in [1.29, 1.82) is 0 Å². The minimum Gasteiger partial charge on any atom is -1.00 e. The predicted molar refractivity (Wildman–Crippen MR) is 55.8 cm³/mol. The number of rotatable bonds is 2. The van der Waals surface area contributed by atoms with Crippen LogP contribution in [0.4, 0.5) is 0 Å². The summed E-state index contributed by atoms with van der Waals surface area (Å²) in [5.41, 5.74) is 9.39. The molecule has 2 rings (SSSR count). The van der Waals surface area contributed by atoms with Gasteiger partial charge in [-0.25, -0.2) is 0 Å². The van der Waals surface area contributed by atoms with Gasteiger partial charge >= 0.3 is 0 Å². The van der Waals surface area contributed by atoms with Crippen molar-refractivity contribution in [3.05, 3.63) is 35.5 Å². The molecular formula is C11H14ClN2-. The molecule has 0 unspecified atom stereocenters. The Morgan fingerprint density at radius 1 is 1.36 bits per heavy atom. The maximum absolute atomic E-state index is 5.53. The van der Waals surface area contributed by atoms with E-state index in [2.05, 4.69) is 36.3 Å². The average molecular weight is 210 g/mol. The lowest BCUT2D eigenvalue weighted by Crippen LogP contribution is -3.00. The predicted octanol–water partition coefficient (Wildman–Crippen LogP) is -1.02. The first-order valence-electron chi connectivity index (χ1n) is 4.58. The number of hydrogen-bond acceptors (Lipinski definition) is 1. The molecule has 0 aliphatic carbocycles. The molecule has 3 N–H and O–H groups in total. The molecule has 0 atom stereocenters. The molecule has 1 aromatic carbocycles. The maximum Gasteiger partial charge on any atom is 0.0486 e. The molecule has 1 aromatic heterocycles. The molecule has 2 aromatic rings. The summed E-state index contributed by atoms with van der Waals surface area (Å²) >= 11 is 0. The monoisotopic (exact) mass is 209 g/mol. The molecule has 0 saturated carbocycles. The fourth-order valence-corrected chi connectivity index (χ4v) is 1.73. The largest absolute Gasteiger partial charge is 1.00 e. The molecule has 76 valence electrons. The van der Waals surface area contributed by atoms with Crippen molar-refractivity contribution < 1.29 is 12.4 Å². The Balaban J connectivity index is 0.000000980. The average Bonchev–Trinajstić information content (AvgIpc) is 2.51. The lowest BCUT2D eigenvalue weighted by atomic mass is 10.1. The Bertz CT molecular complexity index is 420. The summed E-state index contributed by atoms with van der Waals surface area (Å²) in [4.78, 5) is 3.29. The van der Waals surface area contributed by atoms with Crippen molar-refractivity contribution in [3.63, 3.8) is 0 Å². The van der Waals surface area contributed by atoms with Gasteiger partial charge in [0.2, 0.25) is 0 Å². The number of para-hydroxylation sites is 1. The second kappa shape index (κ2) is 4.49. The first kappa shape index (κ1) is 11.1. The number of aryl methyl sites for hydroxylation is 1. The van der Waals surface area contributed by atoms with Crippen LogP contribution < -0.4 is 18.1 Å². The molecular weight excluding hydrogens is 196 g/mol. The van der Waals surface area contributed by atoms with Crippen LogP contribution in [0.2, 0.25) is 0 Å². The van der Waals surface area contributed by atoms with Crippen LogP contribution in [0.25, 0.3) is 10.9 Å². The van der Waals surface area contributed by atoms with Crippen molar-refractivity contribution >= 4 is 10.9 Å². The summed E-state index contributed by atoms with van der Waals surface area (Å²) in [7, 11) is 0. The van der Waals surface area contributed by atoms with Gasteiger partial charge in [0.15, 0.2) is 0 Å². The molecule has 14 heavy (non-hydrogen) atoms. The molecule has 2 nitrogen and oxygen atoms in total. The second-order valence-corrected chi connectivity index (χ2v) is 3.35. The number of aromatic amines is 1. The highest BCUT2D eigenvalue weighted by Crippen LogP contribution is 2.20. The first-order chi connectivity index (χ1) is 6.33. The molecule has 0 bridgehead atoms. The third kappa shape index (κ3) is 1.76. The van der Waals surface area contributed by atoms with E-state index in [1.807, 2.05) is 0 Å². The number of H-pyrrole nitrogens is 1. The second-order valence-electron chi connectivity index (χ2n) is 3.35. The van der Waals surface area contributed by atoms with Crippen LogP contribution in [0.5, 0.6) is 0 Å². The molecule has 1 heterocycles. The minimum absolute atomic E-state index is 0. The SMILES string of the molecule is Cc1cccc2c(CCN)c[nH]c12.[Cl-]. The van der Waals surface area contributed by atoms with Gasteiger partial charge in [0.05, 0.1) is 0 Å². The summed E-state index contributed by atoms with van der Waals surface area (Å²) in [5, 5.41) is 1.31. The van der Waals surface area contributed by atoms with Crippen LogP contribution >= 0.6 is 0 Å². The van der Waals surface area contributed by atoms with E-state index < -0.39 is 0 Å². The summed E-state index contributed by atoms with van der Waals surface area (Å²) in [5.74, 6) is 0. The van der Waals surface area contributed by atoms with Gasteiger partial charge in [0.1, 0.15) is 0 Å². The Kier molecular flexibility index (Phi) is 3.55. The molecule has 0 aliphatic rings. The van der Waals surface area contributed by atoms with Crippen molar-refractivity contribution in [2.24, 2.45) is 5.73 Å². The number of hydrogen-bond donors (Lipinski definition) is 2. The highest BCUT2D eigenvalue weighted by Gasteiger charge is 2.03. The van der Waals surface area contributed by atoms with Gasteiger partial charge < -0.3 is 23.1 Å². The third-order valence-corrected chi connectivity index (χ3v) is 2.42. The number of nitrogens with one attached hydrogen (secondary N) is 1. The Morgan fingerprint density at radius 3 is 2.86 bits per heavy atom. The fourth-order valence-electron chi connectivity index (χ4n) is 1.73. The van der Waals surface area contributed by atoms with Gasteiger partial charge in [-0.3, -0.25) is 0 Å². The number of fused-ring (bicyclic) bond motifs is 1. The van der Waals surface area contributed by atoms with Gasteiger partial charge in [-0.1, -0.05) is 18.2 Å². The van der Waals surface area contributed by atoms with Gasteiger partial charge in [-0.05, 0) is 31.0 Å². The van der Waals surface area contributed by atoms with Crippen molar-refractivity contribution in [1.82, 2.24) is 4.98 Å². The van der Waals surface area contributed by atoms with Crippen LogP contribution in [0.3, 0.4) is 0 Å². The van der Waals surface area contributed by atoms with Gasteiger partial charge in [0, 0.05) is 17.1 Å². The number of aromatic nitrogens is 1. The smallest absolute Gasteiger partial charge is 0.0486 e. The van der Waals surface area contributed by atoms with Crippen LogP contribution in [-0.2, 0) is 6.42 Å². The van der Waals surface area contributed by atoms with Gasteiger partial charge in [0.25, 0.3) is 0 Å². The fraction of sp³-hybridized carbons (Fsp3) is 0.273. The van der Waals surface area contributed by atoms with E-state index in [0.29, 0.717) is 6.54 Å². The third-order valence-electron chi connectivity index (χ3n) is 2.42. The van der Waals surface area contributed by atoms with Crippen molar-refractivity contribution in [2.75, 3.05) is 6.54 Å². The topological polar surface area (TPSA) is 41.8 Å². The minimum atomic E-state index is 0. The van der Waals surface area contributed by atoms with E-state index in [-0.39, 0.29) is 12.4 Å². The van der Waals surface area contributed by atoms with E-state index >= 15 is 0 Å². The zero-order valence-corrected chi connectivity index (χ0v) is 8.93. The van der Waals surface area contributed by atoms with Crippen LogP contribution in [-0.4, -0.2) is 11.5 Å². The van der Waals surface area contributed by atoms with Gasteiger partial charge in [-0.15, -0.1) is 0 Å². The zero-order valence-electron chi connectivity index (χ0n) is 8.18. The highest BCUT2D eigenvalue weighted by atomic mass is 35.5. The molecule has 0 aliphatic heterocycles. The highest BCUT2D eigenvalue weighted by molar-refractivity contribution is 5.85.